The molecule has 1 N–H and O–H groups in total. The molecule has 0 aromatic heterocycles. The van der Waals surface area contributed by atoms with E-state index in [1.807, 2.05) is 6.07 Å². The molecule has 0 aliphatic carbocycles. The number of nitrogens with one attached hydrogen (secondary N) is 1. The van der Waals surface area contributed by atoms with Crippen LogP contribution in [-0.2, 0) is 22.4 Å². The number of ether oxygens (including phenoxy) is 1. The molecule has 3 nitrogen and oxygen atoms in total. The van der Waals surface area contributed by atoms with Gasteiger partial charge in [-0.15, -0.1) is 0 Å². The third kappa shape index (κ3) is 2.09. The average molecular weight is 219 g/mol. The zero-order valence-corrected chi connectivity index (χ0v) is 9.80. The van der Waals surface area contributed by atoms with Crippen molar-refractivity contribution in [3.63, 3.8) is 0 Å². The maximum absolute atomic E-state index is 11.3. The van der Waals surface area contributed by atoms with Gasteiger partial charge in [0.2, 0.25) is 5.91 Å². The molecule has 1 aromatic carbocycles. The summed E-state index contributed by atoms with van der Waals surface area (Å²) in [6.45, 7) is 2.88. The standard InChI is InChI=1S/C13H17NO2/c1-9-10(4-3-7-16-2)5-6-12-11(9)8-13(15)14-12/h5-6H,3-4,7-8H2,1-2H3,(H,14,15). The van der Waals surface area contributed by atoms with Gasteiger partial charge in [0.25, 0.3) is 0 Å². The van der Waals surface area contributed by atoms with Gasteiger partial charge in [-0.2, -0.15) is 0 Å². The van der Waals surface area contributed by atoms with E-state index in [2.05, 4.69) is 18.3 Å². The number of fused-ring (bicyclic) bond motifs is 1. The van der Waals surface area contributed by atoms with Crippen molar-refractivity contribution < 1.29 is 9.53 Å². The Morgan fingerprint density at radius 3 is 3.00 bits per heavy atom. The van der Waals surface area contributed by atoms with Crippen molar-refractivity contribution in [2.45, 2.75) is 26.2 Å². The van der Waals surface area contributed by atoms with Gasteiger partial charge in [0, 0.05) is 19.4 Å². The Balaban J connectivity index is 2.17. The van der Waals surface area contributed by atoms with Gasteiger partial charge in [-0.25, -0.2) is 0 Å². The number of carbonyl (C=O) groups is 1. The maximum atomic E-state index is 11.3. The molecule has 3 heteroatoms. The van der Waals surface area contributed by atoms with E-state index >= 15 is 0 Å². The quantitative estimate of drug-likeness (QED) is 0.787. The Kier molecular flexibility index (Phi) is 3.25. The van der Waals surface area contributed by atoms with E-state index in [4.69, 9.17) is 4.74 Å². The van der Waals surface area contributed by atoms with Gasteiger partial charge in [0.1, 0.15) is 0 Å². The zero-order chi connectivity index (χ0) is 11.5. The fraction of sp³-hybridized carbons (Fsp3) is 0.462. The Bertz CT molecular complexity index is 413. The fourth-order valence-electron chi connectivity index (χ4n) is 2.18. The van der Waals surface area contributed by atoms with Crippen LogP contribution in [0.2, 0.25) is 0 Å². The van der Waals surface area contributed by atoms with Crippen LogP contribution in [0, 0.1) is 6.92 Å². The predicted molar refractivity (Wildman–Crippen MR) is 63.7 cm³/mol. The lowest BCUT2D eigenvalue weighted by Crippen LogP contribution is -2.03. The molecule has 0 spiro atoms. The largest absolute Gasteiger partial charge is 0.385 e. The summed E-state index contributed by atoms with van der Waals surface area (Å²) in [6, 6.07) is 4.12. The number of hydrogen-bond donors (Lipinski definition) is 1. The Labute approximate surface area is 95.8 Å². The van der Waals surface area contributed by atoms with Crippen molar-refractivity contribution in [3.8, 4) is 0 Å². The molecular formula is C13H17NO2. The third-order valence-electron chi connectivity index (χ3n) is 3.12. The van der Waals surface area contributed by atoms with Crippen molar-refractivity contribution in [1.29, 1.82) is 0 Å². The van der Waals surface area contributed by atoms with Gasteiger partial charge in [-0.1, -0.05) is 6.07 Å². The third-order valence-corrected chi connectivity index (χ3v) is 3.12. The summed E-state index contributed by atoms with van der Waals surface area (Å²) in [5.74, 6) is 0.104. The molecule has 0 saturated carbocycles. The molecule has 1 heterocycles. The van der Waals surface area contributed by atoms with E-state index in [0.717, 1.165) is 25.1 Å². The minimum Gasteiger partial charge on any atom is -0.385 e. The molecule has 16 heavy (non-hydrogen) atoms. The summed E-state index contributed by atoms with van der Waals surface area (Å²) in [6.07, 6.45) is 2.57. The van der Waals surface area contributed by atoms with E-state index in [9.17, 15) is 4.79 Å². The van der Waals surface area contributed by atoms with Gasteiger partial charge >= 0.3 is 0 Å². The molecule has 0 unspecified atom stereocenters. The molecule has 0 saturated heterocycles. The van der Waals surface area contributed by atoms with E-state index in [1.165, 1.54) is 16.7 Å². The second-order valence-corrected chi connectivity index (χ2v) is 4.20. The highest BCUT2D eigenvalue weighted by atomic mass is 16.5. The minimum atomic E-state index is 0.104. The number of carbonyl (C=O) groups excluding carboxylic acids is 1. The van der Waals surface area contributed by atoms with Crippen LogP contribution in [-0.4, -0.2) is 19.6 Å². The van der Waals surface area contributed by atoms with Gasteiger partial charge in [-0.05, 0) is 42.5 Å². The molecule has 0 fully saturated rings. The van der Waals surface area contributed by atoms with Crippen LogP contribution >= 0.6 is 0 Å². The Morgan fingerprint density at radius 2 is 2.25 bits per heavy atom. The highest BCUT2D eigenvalue weighted by Crippen LogP contribution is 2.28. The predicted octanol–water partition coefficient (Wildman–Crippen LogP) is 2.07. The van der Waals surface area contributed by atoms with E-state index in [0.29, 0.717) is 6.42 Å². The first-order chi connectivity index (χ1) is 7.72. The van der Waals surface area contributed by atoms with Crippen LogP contribution in [0.15, 0.2) is 12.1 Å². The Morgan fingerprint density at radius 1 is 1.44 bits per heavy atom. The van der Waals surface area contributed by atoms with Gasteiger partial charge in [-0.3, -0.25) is 4.79 Å². The van der Waals surface area contributed by atoms with Crippen LogP contribution in [0.1, 0.15) is 23.1 Å². The molecule has 1 aliphatic rings. The summed E-state index contributed by atoms with van der Waals surface area (Å²) >= 11 is 0. The number of anilines is 1. The molecule has 0 atom stereocenters. The smallest absolute Gasteiger partial charge is 0.228 e. The summed E-state index contributed by atoms with van der Waals surface area (Å²) in [5.41, 5.74) is 4.73. The summed E-state index contributed by atoms with van der Waals surface area (Å²) in [4.78, 5) is 11.3. The molecular weight excluding hydrogens is 202 g/mol. The van der Waals surface area contributed by atoms with Crippen molar-refractivity contribution in [2.24, 2.45) is 0 Å². The molecule has 0 radical (unpaired) electrons. The van der Waals surface area contributed by atoms with Crippen LogP contribution in [0.4, 0.5) is 5.69 Å². The fourth-order valence-corrected chi connectivity index (χ4v) is 2.18. The highest BCUT2D eigenvalue weighted by Gasteiger charge is 2.20. The monoisotopic (exact) mass is 219 g/mol. The molecule has 86 valence electrons. The molecule has 1 aromatic rings. The summed E-state index contributed by atoms with van der Waals surface area (Å²) < 4.78 is 5.05. The minimum absolute atomic E-state index is 0.104. The SMILES string of the molecule is COCCCc1ccc2c(c1C)CC(=O)N2. The lowest BCUT2D eigenvalue weighted by molar-refractivity contribution is -0.115. The first-order valence-electron chi connectivity index (χ1n) is 5.62. The molecule has 1 aliphatic heterocycles. The van der Waals surface area contributed by atoms with Crippen LogP contribution < -0.4 is 5.32 Å². The molecule has 2 rings (SSSR count). The van der Waals surface area contributed by atoms with Gasteiger partial charge in [0.05, 0.1) is 6.42 Å². The summed E-state index contributed by atoms with van der Waals surface area (Å²) in [7, 11) is 1.72. The lowest BCUT2D eigenvalue weighted by Gasteiger charge is -2.09. The second kappa shape index (κ2) is 4.66. The van der Waals surface area contributed by atoms with Crippen molar-refractivity contribution in [2.75, 3.05) is 19.0 Å². The topological polar surface area (TPSA) is 38.3 Å². The average Bonchev–Trinajstić information content (AvgIpc) is 2.64. The number of amides is 1. The van der Waals surface area contributed by atoms with E-state index in [1.54, 1.807) is 7.11 Å². The maximum Gasteiger partial charge on any atom is 0.228 e. The number of rotatable bonds is 4. The first-order valence-corrected chi connectivity index (χ1v) is 5.62. The first kappa shape index (κ1) is 11.1. The highest BCUT2D eigenvalue weighted by molar-refractivity contribution is 5.99. The lowest BCUT2D eigenvalue weighted by atomic mass is 9.97. The van der Waals surface area contributed by atoms with Crippen LogP contribution in [0.25, 0.3) is 0 Å². The normalized spacial score (nSPS) is 13.8. The number of hydrogen-bond acceptors (Lipinski definition) is 2. The van der Waals surface area contributed by atoms with Crippen molar-refractivity contribution >= 4 is 11.6 Å². The molecule has 1 amide bonds. The number of methoxy groups -OCH3 is 1. The van der Waals surface area contributed by atoms with E-state index < -0.39 is 0 Å². The van der Waals surface area contributed by atoms with Crippen molar-refractivity contribution in [3.05, 3.63) is 28.8 Å². The molecule has 0 bridgehead atoms. The van der Waals surface area contributed by atoms with Crippen LogP contribution in [0.5, 0.6) is 0 Å². The Hall–Kier alpha value is -1.35. The second-order valence-electron chi connectivity index (χ2n) is 4.20. The number of benzene rings is 1. The van der Waals surface area contributed by atoms with Crippen LogP contribution in [0.3, 0.4) is 0 Å². The van der Waals surface area contributed by atoms with E-state index in [-0.39, 0.29) is 5.91 Å². The van der Waals surface area contributed by atoms with Crippen molar-refractivity contribution in [1.82, 2.24) is 0 Å². The van der Waals surface area contributed by atoms with Gasteiger partial charge in [0.15, 0.2) is 0 Å². The zero-order valence-electron chi connectivity index (χ0n) is 9.80. The summed E-state index contributed by atoms with van der Waals surface area (Å²) in [5, 5.41) is 2.87. The number of aryl methyl sites for hydroxylation is 1. The van der Waals surface area contributed by atoms with Gasteiger partial charge < -0.3 is 10.1 Å².